The highest BCUT2D eigenvalue weighted by molar-refractivity contribution is 9.13. The van der Waals surface area contributed by atoms with Crippen molar-refractivity contribution in [1.29, 1.82) is 0 Å². The van der Waals surface area contributed by atoms with Crippen LogP contribution in [0.2, 0.25) is 0 Å². The van der Waals surface area contributed by atoms with E-state index in [1.54, 1.807) is 12.1 Å². The van der Waals surface area contributed by atoms with Crippen LogP contribution in [0.5, 0.6) is 5.75 Å². The van der Waals surface area contributed by atoms with E-state index in [9.17, 15) is 4.39 Å². The molecular formula is C7H5Br2FO. The summed E-state index contributed by atoms with van der Waals surface area (Å²) in [6.45, 7) is 0. The molecule has 0 heterocycles. The van der Waals surface area contributed by atoms with Gasteiger partial charge in [0.15, 0.2) is 11.6 Å². The van der Waals surface area contributed by atoms with Crippen molar-refractivity contribution in [2.45, 2.75) is 0 Å². The Balaban J connectivity index is 3.25. The van der Waals surface area contributed by atoms with Crippen LogP contribution in [0.4, 0.5) is 4.39 Å². The van der Waals surface area contributed by atoms with E-state index in [2.05, 4.69) is 31.9 Å². The van der Waals surface area contributed by atoms with Crippen LogP contribution in [0, 0.1) is 5.82 Å². The summed E-state index contributed by atoms with van der Waals surface area (Å²) in [5, 5.41) is 0. The van der Waals surface area contributed by atoms with Gasteiger partial charge >= 0.3 is 0 Å². The van der Waals surface area contributed by atoms with Gasteiger partial charge in [0.05, 0.1) is 11.6 Å². The van der Waals surface area contributed by atoms with Gasteiger partial charge in [0.2, 0.25) is 0 Å². The highest BCUT2D eigenvalue weighted by atomic mass is 79.9. The molecule has 0 radical (unpaired) electrons. The fraction of sp³-hybridized carbons (Fsp3) is 0.143. The van der Waals surface area contributed by atoms with Crippen LogP contribution >= 0.6 is 31.9 Å². The smallest absolute Gasteiger partial charge is 0.180 e. The maximum absolute atomic E-state index is 13.1. The molecule has 0 unspecified atom stereocenters. The molecule has 11 heavy (non-hydrogen) atoms. The summed E-state index contributed by atoms with van der Waals surface area (Å²) in [5.41, 5.74) is 0. The van der Waals surface area contributed by atoms with Crippen molar-refractivity contribution in [3.05, 3.63) is 26.9 Å². The van der Waals surface area contributed by atoms with Gasteiger partial charge < -0.3 is 4.74 Å². The fourth-order valence-electron chi connectivity index (χ4n) is 0.666. The Hall–Kier alpha value is -0.0900. The maximum Gasteiger partial charge on any atom is 0.180 e. The zero-order valence-corrected chi connectivity index (χ0v) is 8.87. The summed E-state index contributed by atoms with van der Waals surface area (Å²) in [4.78, 5) is 0. The van der Waals surface area contributed by atoms with Gasteiger partial charge in [0.1, 0.15) is 0 Å². The van der Waals surface area contributed by atoms with Crippen molar-refractivity contribution < 1.29 is 9.13 Å². The molecule has 1 nitrogen and oxygen atoms in total. The average molecular weight is 284 g/mol. The molecule has 0 aromatic heterocycles. The first-order valence-electron chi connectivity index (χ1n) is 2.84. The zero-order chi connectivity index (χ0) is 8.43. The van der Waals surface area contributed by atoms with E-state index in [1.165, 1.54) is 7.11 Å². The minimum atomic E-state index is -0.387. The predicted molar refractivity (Wildman–Crippen MR) is 48.4 cm³/mol. The first-order valence-corrected chi connectivity index (χ1v) is 4.43. The van der Waals surface area contributed by atoms with Crippen LogP contribution in [-0.2, 0) is 0 Å². The Morgan fingerprint density at radius 3 is 2.55 bits per heavy atom. The fourth-order valence-corrected chi connectivity index (χ4v) is 1.30. The molecule has 0 N–H and O–H groups in total. The molecular weight excluding hydrogens is 279 g/mol. The third kappa shape index (κ3) is 1.73. The lowest BCUT2D eigenvalue weighted by atomic mass is 10.3. The first kappa shape index (κ1) is 9.00. The number of benzene rings is 1. The normalized spacial score (nSPS) is 9.82. The lowest BCUT2D eigenvalue weighted by Gasteiger charge is -2.03. The zero-order valence-electron chi connectivity index (χ0n) is 5.70. The minimum absolute atomic E-state index is 0.236. The van der Waals surface area contributed by atoms with E-state index >= 15 is 0 Å². The van der Waals surface area contributed by atoms with E-state index in [1.807, 2.05) is 0 Å². The van der Waals surface area contributed by atoms with Gasteiger partial charge in [-0.3, -0.25) is 0 Å². The largest absolute Gasteiger partial charge is 0.494 e. The van der Waals surface area contributed by atoms with E-state index in [0.717, 1.165) is 0 Å². The standard InChI is InChI=1S/C7H5Br2FO/c1-11-5-3-2-4(8)6(9)7(5)10/h2-3H,1H3. The maximum atomic E-state index is 13.1. The molecule has 0 aliphatic heterocycles. The molecule has 4 heteroatoms. The monoisotopic (exact) mass is 282 g/mol. The Morgan fingerprint density at radius 2 is 2.00 bits per heavy atom. The summed E-state index contributed by atoms with van der Waals surface area (Å²) in [6, 6.07) is 3.27. The number of hydrogen-bond acceptors (Lipinski definition) is 1. The van der Waals surface area contributed by atoms with Gasteiger partial charge in [-0.1, -0.05) is 0 Å². The summed E-state index contributed by atoms with van der Waals surface area (Å²) < 4.78 is 18.9. The summed E-state index contributed by atoms with van der Waals surface area (Å²) in [5.74, 6) is -0.151. The number of ether oxygens (including phenoxy) is 1. The summed E-state index contributed by atoms with van der Waals surface area (Å²) in [6.07, 6.45) is 0. The van der Waals surface area contributed by atoms with Crippen LogP contribution in [-0.4, -0.2) is 7.11 Å². The molecule has 0 saturated carbocycles. The van der Waals surface area contributed by atoms with Crippen molar-refractivity contribution in [3.63, 3.8) is 0 Å². The molecule has 1 rings (SSSR count). The summed E-state index contributed by atoms with van der Waals surface area (Å²) >= 11 is 6.24. The first-order chi connectivity index (χ1) is 5.16. The molecule has 0 amide bonds. The van der Waals surface area contributed by atoms with Crippen LogP contribution in [0.15, 0.2) is 21.1 Å². The lowest BCUT2D eigenvalue weighted by molar-refractivity contribution is 0.385. The van der Waals surface area contributed by atoms with E-state index in [-0.39, 0.29) is 11.6 Å². The van der Waals surface area contributed by atoms with Gasteiger partial charge in [-0.2, -0.15) is 0 Å². The van der Waals surface area contributed by atoms with E-state index in [4.69, 9.17) is 4.74 Å². The Morgan fingerprint density at radius 1 is 1.36 bits per heavy atom. The van der Waals surface area contributed by atoms with Crippen LogP contribution in [0.3, 0.4) is 0 Å². The van der Waals surface area contributed by atoms with Crippen molar-refractivity contribution >= 4 is 31.9 Å². The molecule has 0 bridgehead atoms. The second-order valence-electron chi connectivity index (χ2n) is 1.88. The van der Waals surface area contributed by atoms with Crippen LogP contribution in [0.25, 0.3) is 0 Å². The molecule has 1 aromatic rings. The van der Waals surface area contributed by atoms with Gasteiger partial charge in [-0.05, 0) is 44.0 Å². The van der Waals surface area contributed by atoms with Crippen molar-refractivity contribution in [3.8, 4) is 5.75 Å². The van der Waals surface area contributed by atoms with Gasteiger partial charge in [0.25, 0.3) is 0 Å². The highest BCUT2D eigenvalue weighted by Crippen LogP contribution is 2.31. The summed E-state index contributed by atoms with van der Waals surface area (Å²) in [7, 11) is 1.43. The third-order valence-corrected chi connectivity index (χ3v) is 3.19. The second kappa shape index (κ2) is 3.54. The number of rotatable bonds is 1. The van der Waals surface area contributed by atoms with E-state index in [0.29, 0.717) is 8.95 Å². The Bertz CT molecular complexity index is 275. The topological polar surface area (TPSA) is 9.23 Å². The molecule has 60 valence electrons. The van der Waals surface area contributed by atoms with Crippen molar-refractivity contribution in [2.24, 2.45) is 0 Å². The SMILES string of the molecule is COc1ccc(Br)c(Br)c1F. The molecule has 0 aliphatic rings. The lowest BCUT2D eigenvalue weighted by Crippen LogP contribution is -1.88. The average Bonchev–Trinajstić information content (AvgIpc) is 2.01. The Kier molecular flexibility index (Phi) is 2.90. The molecule has 0 spiro atoms. The highest BCUT2D eigenvalue weighted by Gasteiger charge is 2.08. The number of halogens is 3. The van der Waals surface area contributed by atoms with Gasteiger partial charge in [-0.15, -0.1) is 0 Å². The van der Waals surface area contributed by atoms with E-state index < -0.39 is 0 Å². The Labute approximate surface area is 80.8 Å². The molecule has 1 aromatic carbocycles. The third-order valence-electron chi connectivity index (χ3n) is 1.22. The van der Waals surface area contributed by atoms with Crippen molar-refractivity contribution in [2.75, 3.05) is 7.11 Å². The molecule has 0 fully saturated rings. The van der Waals surface area contributed by atoms with Crippen LogP contribution in [0.1, 0.15) is 0 Å². The quantitative estimate of drug-likeness (QED) is 0.718. The van der Waals surface area contributed by atoms with Crippen molar-refractivity contribution in [1.82, 2.24) is 0 Å². The van der Waals surface area contributed by atoms with Gasteiger partial charge in [0, 0.05) is 4.47 Å². The predicted octanol–water partition coefficient (Wildman–Crippen LogP) is 3.36. The van der Waals surface area contributed by atoms with Gasteiger partial charge in [-0.25, -0.2) is 4.39 Å². The van der Waals surface area contributed by atoms with Crippen LogP contribution < -0.4 is 4.74 Å². The molecule has 0 atom stereocenters. The minimum Gasteiger partial charge on any atom is -0.494 e. The molecule has 0 saturated heterocycles. The second-order valence-corrected chi connectivity index (χ2v) is 3.52. The number of hydrogen-bond donors (Lipinski definition) is 0. The number of methoxy groups -OCH3 is 1. The molecule has 0 aliphatic carbocycles.